The van der Waals surface area contributed by atoms with Gasteiger partial charge in [0.25, 0.3) is 5.89 Å². The van der Waals surface area contributed by atoms with E-state index in [1.54, 1.807) is 12.1 Å². The first-order valence-electron chi connectivity index (χ1n) is 9.97. The maximum absolute atomic E-state index is 12.9. The van der Waals surface area contributed by atoms with Crippen LogP contribution >= 0.6 is 0 Å². The molecule has 2 aliphatic rings. The first kappa shape index (κ1) is 18.7. The van der Waals surface area contributed by atoms with Crippen molar-refractivity contribution in [3.63, 3.8) is 0 Å². The molecule has 1 saturated heterocycles. The van der Waals surface area contributed by atoms with Crippen molar-refractivity contribution >= 4 is 6.03 Å². The number of carbonyl (C=O) groups excluding carboxylic acids is 1. The third kappa shape index (κ3) is 4.43. The third-order valence-corrected chi connectivity index (χ3v) is 5.40. The predicted octanol–water partition coefficient (Wildman–Crippen LogP) is 3.97. The fourth-order valence-electron chi connectivity index (χ4n) is 3.92. The molecule has 0 bridgehead atoms. The van der Waals surface area contributed by atoms with E-state index in [4.69, 9.17) is 9.26 Å². The van der Waals surface area contributed by atoms with Gasteiger partial charge in [0.05, 0.1) is 6.04 Å². The highest BCUT2D eigenvalue weighted by atomic mass is 19.1. The van der Waals surface area contributed by atoms with Gasteiger partial charge in [0.1, 0.15) is 11.6 Å². The summed E-state index contributed by atoms with van der Waals surface area (Å²) in [6.07, 6.45) is 7.45. The number of aromatic nitrogens is 2. The summed E-state index contributed by atoms with van der Waals surface area (Å²) in [4.78, 5) is 18.9. The fraction of sp³-hybridized carbons (Fsp3) is 0.550. The van der Waals surface area contributed by atoms with Crippen molar-refractivity contribution in [1.82, 2.24) is 20.4 Å². The van der Waals surface area contributed by atoms with E-state index in [1.165, 1.54) is 31.4 Å². The number of ether oxygens (including phenoxy) is 1. The first-order chi connectivity index (χ1) is 13.7. The molecule has 2 aromatic rings. The van der Waals surface area contributed by atoms with Gasteiger partial charge >= 0.3 is 6.03 Å². The molecule has 2 fully saturated rings. The smallest absolute Gasteiger partial charge is 0.318 e. The second-order valence-corrected chi connectivity index (χ2v) is 7.42. The van der Waals surface area contributed by atoms with Crippen LogP contribution in [0.3, 0.4) is 0 Å². The van der Waals surface area contributed by atoms with Crippen molar-refractivity contribution in [2.45, 2.75) is 63.6 Å². The van der Waals surface area contributed by atoms with Gasteiger partial charge in [-0.25, -0.2) is 9.18 Å². The zero-order chi connectivity index (χ0) is 19.3. The van der Waals surface area contributed by atoms with Crippen LogP contribution in [0.5, 0.6) is 5.75 Å². The van der Waals surface area contributed by atoms with Gasteiger partial charge in [0, 0.05) is 12.6 Å². The average Bonchev–Trinajstić information content (AvgIpc) is 3.38. The lowest BCUT2D eigenvalue weighted by Gasteiger charge is -2.28. The van der Waals surface area contributed by atoms with Gasteiger partial charge in [0.15, 0.2) is 12.4 Å². The lowest BCUT2D eigenvalue weighted by atomic mass is 9.96. The number of rotatable bonds is 5. The van der Waals surface area contributed by atoms with E-state index in [1.807, 2.05) is 4.90 Å². The van der Waals surface area contributed by atoms with Crippen LogP contribution in [-0.2, 0) is 6.61 Å². The molecule has 2 heterocycles. The number of hydrogen-bond donors (Lipinski definition) is 1. The predicted molar refractivity (Wildman–Crippen MR) is 99.1 cm³/mol. The van der Waals surface area contributed by atoms with E-state index in [2.05, 4.69) is 15.5 Å². The topological polar surface area (TPSA) is 80.5 Å². The molecule has 0 radical (unpaired) electrons. The summed E-state index contributed by atoms with van der Waals surface area (Å²) in [6, 6.07) is 5.80. The molecule has 4 rings (SSSR count). The van der Waals surface area contributed by atoms with Gasteiger partial charge < -0.3 is 19.5 Å². The minimum Gasteiger partial charge on any atom is -0.484 e. The molecule has 1 aromatic heterocycles. The second kappa shape index (κ2) is 8.58. The van der Waals surface area contributed by atoms with Crippen LogP contribution in [0, 0.1) is 5.82 Å². The summed E-state index contributed by atoms with van der Waals surface area (Å²) in [7, 11) is 0. The largest absolute Gasteiger partial charge is 0.484 e. The second-order valence-electron chi connectivity index (χ2n) is 7.42. The van der Waals surface area contributed by atoms with Crippen molar-refractivity contribution in [1.29, 1.82) is 0 Å². The number of urea groups is 1. The lowest BCUT2D eigenvalue weighted by Crippen LogP contribution is -2.45. The minimum atomic E-state index is -0.319. The molecule has 2 amide bonds. The van der Waals surface area contributed by atoms with Crippen molar-refractivity contribution in [3.8, 4) is 5.75 Å². The molecule has 150 valence electrons. The normalized spacial score (nSPS) is 20.3. The number of benzene rings is 1. The Morgan fingerprint density at radius 3 is 2.75 bits per heavy atom. The quantitative estimate of drug-likeness (QED) is 0.838. The van der Waals surface area contributed by atoms with Gasteiger partial charge in [-0.15, -0.1) is 0 Å². The Morgan fingerprint density at radius 2 is 1.96 bits per heavy atom. The van der Waals surface area contributed by atoms with E-state index in [-0.39, 0.29) is 30.5 Å². The Balaban J connectivity index is 1.35. The van der Waals surface area contributed by atoms with Crippen LogP contribution in [0.4, 0.5) is 9.18 Å². The van der Waals surface area contributed by atoms with Crippen LogP contribution in [-0.4, -0.2) is 33.7 Å². The summed E-state index contributed by atoms with van der Waals surface area (Å²) >= 11 is 0. The molecule has 1 aliphatic carbocycles. The molecular weight excluding hydrogens is 363 g/mol. The third-order valence-electron chi connectivity index (χ3n) is 5.40. The summed E-state index contributed by atoms with van der Waals surface area (Å²) < 4.78 is 23.8. The number of hydrogen-bond acceptors (Lipinski definition) is 5. The molecule has 1 aromatic carbocycles. The molecule has 1 aliphatic heterocycles. The van der Waals surface area contributed by atoms with Crippen LogP contribution in [0.1, 0.15) is 62.7 Å². The zero-order valence-corrected chi connectivity index (χ0v) is 15.8. The van der Waals surface area contributed by atoms with Crippen LogP contribution in [0.25, 0.3) is 0 Å². The van der Waals surface area contributed by atoms with E-state index >= 15 is 0 Å². The zero-order valence-electron chi connectivity index (χ0n) is 15.8. The van der Waals surface area contributed by atoms with Gasteiger partial charge in [-0.2, -0.15) is 4.98 Å². The number of nitrogens with zero attached hydrogens (tertiary/aromatic N) is 3. The van der Waals surface area contributed by atoms with Crippen LogP contribution in [0.2, 0.25) is 0 Å². The summed E-state index contributed by atoms with van der Waals surface area (Å²) in [5.41, 5.74) is 0. The standard InChI is InChI=1S/C20H25FN4O3/c21-14-8-10-16(11-9-14)27-13-18-23-19(24-28-18)17-7-4-12-25(17)20(26)22-15-5-2-1-3-6-15/h8-11,15,17H,1-7,12-13H2,(H,22,26). The van der Waals surface area contributed by atoms with E-state index < -0.39 is 0 Å². The van der Waals surface area contributed by atoms with Gasteiger partial charge in [0.2, 0.25) is 0 Å². The first-order valence-corrected chi connectivity index (χ1v) is 9.97. The highest BCUT2D eigenvalue weighted by molar-refractivity contribution is 5.75. The Kier molecular flexibility index (Phi) is 5.73. The van der Waals surface area contributed by atoms with Crippen LogP contribution < -0.4 is 10.1 Å². The lowest BCUT2D eigenvalue weighted by molar-refractivity contribution is 0.182. The number of carbonyl (C=O) groups is 1. The van der Waals surface area contributed by atoms with Crippen LogP contribution in [0.15, 0.2) is 28.8 Å². The van der Waals surface area contributed by atoms with Crippen molar-refractivity contribution in [2.24, 2.45) is 0 Å². The molecule has 1 N–H and O–H groups in total. The molecule has 8 heteroatoms. The van der Waals surface area contributed by atoms with E-state index in [0.29, 0.717) is 24.0 Å². The highest BCUT2D eigenvalue weighted by Crippen LogP contribution is 2.30. The van der Waals surface area contributed by atoms with Crippen molar-refractivity contribution in [3.05, 3.63) is 41.8 Å². The SMILES string of the molecule is O=C(NC1CCCCC1)N1CCCC1c1noc(COc2ccc(F)cc2)n1. The monoisotopic (exact) mass is 388 g/mol. The molecule has 7 nitrogen and oxygen atoms in total. The number of halogens is 1. The molecule has 28 heavy (non-hydrogen) atoms. The summed E-state index contributed by atoms with van der Waals surface area (Å²) in [5, 5.41) is 7.22. The molecular formula is C20H25FN4O3. The van der Waals surface area contributed by atoms with E-state index in [9.17, 15) is 9.18 Å². The molecule has 1 unspecified atom stereocenters. The Morgan fingerprint density at radius 1 is 1.18 bits per heavy atom. The highest BCUT2D eigenvalue weighted by Gasteiger charge is 2.34. The van der Waals surface area contributed by atoms with Crippen molar-refractivity contribution < 1.29 is 18.4 Å². The average molecular weight is 388 g/mol. The maximum atomic E-state index is 12.9. The van der Waals surface area contributed by atoms with Gasteiger partial charge in [-0.3, -0.25) is 0 Å². The summed E-state index contributed by atoms with van der Waals surface area (Å²) in [5.74, 6) is 1.05. The minimum absolute atomic E-state index is 0.0386. The Labute approximate surface area is 163 Å². The van der Waals surface area contributed by atoms with Crippen molar-refractivity contribution in [2.75, 3.05) is 6.54 Å². The number of amides is 2. The molecule has 1 saturated carbocycles. The summed E-state index contributed by atoms with van der Waals surface area (Å²) in [6.45, 7) is 0.790. The molecule has 0 spiro atoms. The van der Waals surface area contributed by atoms with Gasteiger partial charge in [-0.05, 0) is 49.9 Å². The Bertz CT molecular complexity index is 789. The van der Waals surface area contributed by atoms with E-state index in [0.717, 1.165) is 25.7 Å². The molecule has 1 atom stereocenters. The number of nitrogens with one attached hydrogen (secondary N) is 1. The fourth-order valence-corrected chi connectivity index (χ4v) is 3.92. The maximum Gasteiger partial charge on any atom is 0.318 e. The number of likely N-dealkylation sites (tertiary alicyclic amines) is 1. The van der Waals surface area contributed by atoms with Gasteiger partial charge in [-0.1, -0.05) is 24.4 Å². The Hall–Kier alpha value is -2.64.